The predicted octanol–water partition coefficient (Wildman–Crippen LogP) is 2.18. The number of likely N-dealkylation sites (tertiary alicyclic amines) is 1. The van der Waals surface area contributed by atoms with Gasteiger partial charge in [0.05, 0.1) is 18.0 Å². The van der Waals surface area contributed by atoms with Crippen molar-refractivity contribution in [3.8, 4) is 11.4 Å². The molecular formula is C17H22N4O2S. The summed E-state index contributed by atoms with van der Waals surface area (Å²) in [6, 6.07) is 7.43. The van der Waals surface area contributed by atoms with Gasteiger partial charge in [0.1, 0.15) is 5.69 Å². The first-order valence-electron chi connectivity index (χ1n) is 8.25. The first-order valence-corrected chi connectivity index (χ1v) is 9.40. The molecule has 0 atom stereocenters. The molecule has 1 aliphatic heterocycles. The molecule has 3 heterocycles. The lowest BCUT2D eigenvalue weighted by Crippen LogP contribution is -2.26. The van der Waals surface area contributed by atoms with E-state index in [1.54, 1.807) is 18.0 Å². The Morgan fingerprint density at radius 3 is 2.96 bits per heavy atom. The molecule has 1 fully saturated rings. The number of nitrogens with zero attached hydrogens (tertiary/aromatic N) is 3. The number of carbonyl (C=O) groups excluding carboxylic acids is 1. The van der Waals surface area contributed by atoms with Crippen molar-refractivity contribution < 1.29 is 9.32 Å². The second-order valence-corrected chi connectivity index (χ2v) is 6.88. The molecule has 0 bridgehead atoms. The molecule has 2 aromatic heterocycles. The van der Waals surface area contributed by atoms with Gasteiger partial charge in [0.25, 0.3) is 0 Å². The Hall–Kier alpha value is -1.86. The Morgan fingerprint density at radius 2 is 2.17 bits per heavy atom. The van der Waals surface area contributed by atoms with Crippen LogP contribution in [0, 0.1) is 0 Å². The summed E-state index contributed by atoms with van der Waals surface area (Å²) < 4.78 is 5.24. The first kappa shape index (κ1) is 17.0. The molecule has 2 aromatic rings. The topological polar surface area (TPSA) is 71.3 Å². The number of carbonyl (C=O) groups is 1. The van der Waals surface area contributed by atoms with E-state index in [1.807, 2.05) is 24.3 Å². The molecule has 0 saturated carbocycles. The van der Waals surface area contributed by atoms with Gasteiger partial charge in [-0.25, -0.2) is 0 Å². The fourth-order valence-electron chi connectivity index (χ4n) is 2.63. The molecule has 1 saturated heterocycles. The molecule has 6 nitrogen and oxygen atoms in total. The zero-order valence-electron chi connectivity index (χ0n) is 13.6. The molecule has 1 amide bonds. The van der Waals surface area contributed by atoms with Gasteiger partial charge in [-0.05, 0) is 38.1 Å². The number of aromatic nitrogens is 2. The summed E-state index contributed by atoms with van der Waals surface area (Å²) in [5.41, 5.74) is 1.44. The van der Waals surface area contributed by atoms with Crippen molar-refractivity contribution >= 4 is 17.7 Å². The second kappa shape index (κ2) is 8.84. The van der Waals surface area contributed by atoms with Crippen molar-refractivity contribution in [1.82, 2.24) is 20.4 Å². The summed E-state index contributed by atoms with van der Waals surface area (Å²) >= 11 is 1.68. The highest BCUT2D eigenvalue weighted by Crippen LogP contribution is 2.16. The third kappa shape index (κ3) is 5.07. The van der Waals surface area contributed by atoms with Crippen LogP contribution in [0.3, 0.4) is 0 Å². The molecule has 0 aliphatic carbocycles. The van der Waals surface area contributed by atoms with E-state index < -0.39 is 0 Å². The van der Waals surface area contributed by atoms with E-state index in [0.29, 0.717) is 23.8 Å². The number of hydrogen-bond donors (Lipinski definition) is 1. The number of hydrogen-bond acceptors (Lipinski definition) is 6. The van der Waals surface area contributed by atoms with Gasteiger partial charge in [0.2, 0.25) is 5.91 Å². The Labute approximate surface area is 146 Å². The predicted molar refractivity (Wildman–Crippen MR) is 94.6 cm³/mol. The van der Waals surface area contributed by atoms with Crippen molar-refractivity contribution in [1.29, 1.82) is 0 Å². The lowest BCUT2D eigenvalue weighted by Gasteiger charge is -2.13. The van der Waals surface area contributed by atoms with Gasteiger partial charge in [0.15, 0.2) is 5.76 Å². The van der Waals surface area contributed by atoms with Crippen LogP contribution in [0.4, 0.5) is 0 Å². The van der Waals surface area contributed by atoms with E-state index in [0.717, 1.165) is 18.0 Å². The summed E-state index contributed by atoms with van der Waals surface area (Å²) in [5.74, 6) is 2.14. The Balaban J connectivity index is 1.35. The fraction of sp³-hybridized carbons (Fsp3) is 0.471. The van der Waals surface area contributed by atoms with Gasteiger partial charge < -0.3 is 14.7 Å². The van der Waals surface area contributed by atoms with Crippen molar-refractivity contribution in [3.63, 3.8) is 0 Å². The van der Waals surface area contributed by atoms with Gasteiger partial charge in [-0.1, -0.05) is 11.2 Å². The van der Waals surface area contributed by atoms with Crippen LogP contribution in [0.15, 0.2) is 35.0 Å². The molecule has 0 spiro atoms. The molecule has 3 rings (SSSR count). The Kier molecular flexibility index (Phi) is 6.26. The van der Waals surface area contributed by atoms with Gasteiger partial charge in [0, 0.05) is 24.6 Å². The Bertz CT molecular complexity index is 641. The van der Waals surface area contributed by atoms with E-state index in [1.165, 1.54) is 25.9 Å². The van der Waals surface area contributed by atoms with E-state index >= 15 is 0 Å². The summed E-state index contributed by atoms with van der Waals surface area (Å²) in [5, 5.41) is 6.85. The summed E-state index contributed by atoms with van der Waals surface area (Å²) in [7, 11) is 0. The average molecular weight is 346 g/mol. The molecule has 1 N–H and O–H groups in total. The lowest BCUT2D eigenvalue weighted by atomic mass is 10.2. The van der Waals surface area contributed by atoms with Crippen LogP contribution in [0.2, 0.25) is 0 Å². The minimum absolute atomic E-state index is 0.0252. The Morgan fingerprint density at radius 1 is 1.29 bits per heavy atom. The van der Waals surface area contributed by atoms with E-state index in [2.05, 4.69) is 20.4 Å². The van der Waals surface area contributed by atoms with Crippen LogP contribution in [0.1, 0.15) is 18.6 Å². The molecular weight excluding hydrogens is 324 g/mol. The molecule has 1 aliphatic rings. The van der Waals surface area contributed by atoms with Crippen LogP contribution in [0.5, 0.6) is 0 Å². The normalized spacial score (nSPS) is 14.8. The quantitative estimate of drug-likeness (QED) is 0.739. The third-order valence-corrected chi connectivity index (χ3v) is 4.87. The van der Waals surface area contributed by atoms with Gasteiger partial charge in [-0.2, -0.15) is 11.8 Å². The zero-order chi connectivity index (χ0) is 16.6. The number of pyridine rings is 1. The summed E-state index contributed by atoms with van der Waals surface area (Å²) in [4.78, 5) is 18.5. The van der Waals surface area contributed by atoms with Crippen LogP contribution in [-0.2, 0) is 11.3 Å². The second-order valence-electron chi connectivity index (χ2n) is 5.77. The van der Waals surface area contributed by atoms with Crippen LogP contribution >= 0.6 is 11.8 Å². The van der Waals surface area contributed by atoms with Crippen LogP contribution in [0.25, 0.3) is 11.4 Å². The van der Waals surface area contributed by atoms with Gasteiger partial charge in [-0.15, -0.1) is 0 Å². The van der Waals surface area contributed by atoms with Crippen LogP contribution < -0.4 is 5.32 Å². The average Bonchev–Trinajstić information content (AvgIpc) is 3.29. The number of amides is 1. The largest absolute Gasteiger partial charge is 0.359 e. The van der Waals surface area contributed by atoms with E-state index in [4.69, 9.17) is 4.52 Å². The molecule has 0 radical (unpaired) electrons. The molecule has 24 heavy (non-hydrogen) atoms. The number of rotatable bonds is 8. The maximum atomic E-state index is 11.9. The minimum atomic E-state index is 0.0252. The highest BCUT2D eigenvalue weighted by molar-refractivity contribution is 7.99. The van der Waals surface area contributed by atoms with Crippen molar-refractivity contribution in [3.05, 3.63) is 36.2 Å². The standard InChI is InChI=1S/C17H22N4O2S/c22-17(13-24-10-9-21-7-3-4-8-21)19-12-14-11-16(20-23-14)15-5-1-2-6-18-15/h1-2,5-6,11H,3-4,7-10,12-13H2,(H,19,22). The first-order chi connectivity index (χ1) is 11.8. The van der Waals surface area contributed by atoms with Gasteiger partial charge in [-0.3, -0.25) is 9.78 Å². The molecule has 7 heteroatoms. The molecule has 0 aromatic carbocycles. The van der Waals surface area contributed by atoms with Crippen molar-refractivity contribution in [2.45, 2.75) is 19.4 Å². The minimum Gasteiger partial charge on any atom is -0.359 e. The number of thioether (sulfide) groups is 1. The fourth-order valence-corrected chi connectivity index (χ4v) is 3.45. The van der Waals surface area contributed by atoms with E-state index in [9.17, 15) is 4.79 Å². The van der Waals surface area contributed by atoms with Gasteiger partial charge >= 0.3 is 0 Å². The summed E-state index contributed by atoms with van der Waals surface area (Å²) in [6.45, 7) is 3.84. The van der Waals surface area contributed by atoms with Crippen LogP contribution in [-0.4, -0.2) is 52.1 Å². The number of nitrogens with one attached hydrogen (secondary N) is 1. The highest BCUT2D eigenvalue weighted by Gasteiger charge is 2.11. The van der Waals surface area contributed by atoms with Crippen molar-refractivity contribution in [2.75, 3.05) is 31.1 Å². The van der Waals surface area contributed by atoms with Crippen molar-refractivity contribution in [2.24, 2.45) is 0 Å². The lowest BCUT2D eigenvalue weighted by molar-refractivity contribution is -0.118. The summed E-state index contributed by atoms with van der Waals surface area (Å²) in [6.07, 6.45) is 4.33. The molecule has 128 valence electrons. The van der Waals surface area contributed by atoms with E-state index in [-0.39, 0.29) is 5.91 Å². The maximum Gasteiger partial charge on any atom is 0.230 e. The SMILES string of the molecule is O=C(CSCCN1CCCC1)NCc1cc(-c2ccccn2)no1. The zero-order valence-corrected chi connectivity index (χ0v) is 14.4. The maximum absolute atomic E-state index is 11.9. The monoisotopic (exact) mass is 346 g/mol. The third-order valence-electron chi connectivity index (χ3n) is 3.93. The highest BCUT2D eigenvalue weighted by atomic mass is 32.2. The molecule has 0 unspecified atom stereocenters. The smallest absolute Gasteiger partial charge is 0.230 e.